The Bertz CT molecular complexity index is 895. The molecule has 3 fully saturated rings. The lowest BCUT2D eigenvalue weighted by atomic mass is 9.71. The van der Waals surface area contributed by atoms with Crippen LogP contribution in [-0.2, 0) is 23.9 Å². The van der Waals surface area contributed by atoms with Crippen LogP contribution in [0.3, 0.4) is 0 Å². The number of benzene rings is 1. The smallest absolute Gasteiger partial charge is 0.312 e. The van der Waals surface area contributed by atoms with Crippen LogP contribution in [0.5, 0.6) is 0 Å². The first-order valence-electron chi connectivity index (χ1n) is 11.3. The molecular weight excluding hydrogens is 436 g/mol. The first-order valence-corrected chi connectivity index (χ1v) is 11.6. The van der Waals surface area contributed by atoms with E-state index in [2.05, 4.69) is 5.32 Å². The van der Waals surface area contributed by atoms with Crippen LogP contribution in [0.1, 0.15) is 39.0 Å². The summed E-state index contributed by atoms with van der Waals surface area (Å²) in [5, 5.41) is 12.3. The Labute approximate surface area is 192 Å². The fourth-order valence-electron chi connectivity index (χ4n) is 5.53. The number of nitrogens with one attached hydrogen (secondary N) is 1. The highest BCUT2D eigenvalue weighted by atomic mass is 35.5. The number of amides is 2. The number of fused-ring (bicyclic) bond motifs is 1. The van der Waals surface area contributed by atoms with Gasteiger partial charge in [-0.25, -0.2) is 0 Å². The van der Waals surface area contributed by atoms with Gasteiger partial charge in [0.1, 0.15) is 11.6 Å². The molecule has 0 aromatic heterocycles. The van der Waals surface area contributed by atoms with Crippen molar-refractivity contribution in [3.63, 3.8) is 0 Å². The van der Waals surface area contributed by atoms with E-state index in [0.717, 1.165) is 6.42 Å². The maximum atomic E-state index is 13.6. The molecule has 4 rings (SSSR count). The van der Waals surface area contributed by atoms with Gasteiger partial charge in [0.15, 0.2) is 0 Å². The molecule has 8 nitrogen and oxygen atoms in total. The molecule has 32 heavy (non-hydrogen) atoms. The number of halogens is 1. The van der Waals surface area contributed by atoms with E-state index in [9.17, 15) is 14.4 Å². The Morgan fingerprint density at radius 2 is 2.09 bits per heavy atom. The second kappa shape index (κ2) is 9.37. The van der Waals surface area contributed by atoms with Crippen molar-refractivity contribution < 1.29 is 29.0 Å². The van der Waals surface area contributed by atoms with Gasteiger partial charge in [-0.1, -0.05) is 23.7 Å². The van der Waals surface area contributed by atoms with Gasteiger partial charge in [-0.15, -0.1) is 0 Å². The van der Waals surface area contributed by atoms with Crippen molar-refractivity contribution >= 4 is 35.1 Å². The van der Waals surface area contributed by atoms with Crippen LogP contribution in [0.2, 0.25) is 5.02 Å². The van der Waals surface area contributed by atoms with Crippen LogP contribution in [0.4, 0.5) is 5.69 Å². The normalized spacial score (nSPS) is 30.5. The van der Waals surface area contributed by atoms with Crippen molar-refractivity contribution in [3.8, 4) is 0 Å². The number of unbranched alkanes of at least 4 members (excludes halogenated alkanes) is 2. The molecule has 174 valence electrons. The molecule has 1 aromatic rings. The van der Waals surface area contributed by atoms with Crippen molar-refractivity contribution in [2.24, 2.45) is 11.8 Å². The molecule has 3 aliphatic heterocycles. The average molecular weight is 465 g/mol. The van der Waals surface area contributed by atoms with Crippen LogP contribution < -0.4 is 5.32 Å². The minimum atomic E-state index is -1.05. The number of ether oxygens (including phenoxy) is 2. The lowest BCUT2D eigenvalue weighted by Gasteiger charge is -2.33. The minimum Gasteiger partial charge on any atom is -0.466 e. The number of likely N-dealkylation sites (tertiary alicyclic amines) is 1. The van der Waals surface area contributed by atoms with Gasteiger partial charge in [0.05, 0.1) is 35.3 Å². The molecule has 2 amide bonds. The van der Waals surface area contributed by atoms with E-state index in [1.807, 2.05) is 0 Å². The molecule has 2 unspecified atom stereocenters. The van der Waals surface area contributed by atoms with Gasteiger partial charge < -0.3 is 24.8 Å². The molecule has 1 spiro atoms. The first-order chi connectivity index (χ1) is 15.4. The Morgan fingerprint density at radius 1 is 1.31 bits per heavy atom. The largest absolute Gasteiger partial charge is 0.466 e. The summed E-state index contributed by atoms with van der Waals surface area (Å²) in [7, 11) is 0. The predicted octanol–water partition coefficient (Wildman–Crippen LogP) is 2.38. The topological polar surface area (TPSA) is 105 Å². The quantitative estimate of drug-likeness (QED) is 0.429. The Hall–Kier alpha value is -2.16. The van der Waals surface area contributed by atoms with Gasteiger partial charge in [0, 0.05) is 13.2 Å². The molecule has 1 aromatic carbocycles. The summed E-state index contributed by atoms with van der Waals surface area (Å²) in [5.41, 5.74) is -0.595. The summed E-state index contributed by atoms with van der Waals surface area (Å²) in [6, 6.07) is 6.05. The van der Waals surface area contributed by atoms with Crippen molar-refractivity contribution in [1.29, 1.82) is 0 Å². The van der Waals surface area contributed by atoms with Gasteiger partial charge in [0.2, 0.25) is 11.8 Å². The predicted molar refractivity (Wildman–Crippen MR) is 117 cm³/mol. The van der Waals surface area contributed by atoms with Crippen LogP contribution >= 0.6 is 11.6 Å². The van der Waals surface area contributed by atoms with E-state index in [-0.39, 0.29) is 25.0 Å². The molecule has 2 N–H and O–H groups in total. The highest BCUT2D eigenvalue weighted by molar-refractivity contribution is 6.33. The zero-order valence-electron chi connectivity index (χ0n) is 18.1. The van der Waals surface area contributed by atoms with Crippen LogP contribution in [0, 0.1) is 11.8 Å². The number of aliphatic hydroxyl groups excluding tert-OH is 1. The number of para-hydroxylation sites is 1. The third-order valence-corrected chi connectivity index (χ3v) is 7.13. The van der Waals surface area contributed by atoms with E-state index < -0.39 is 35.6 Å². The zero-order chi connectivity index (χ0) is 22.9. The fraction of sp³-hybridized carbons (Fsp3) is 0.609. The van der Waals surface area contributed by atoms with E-state index in [4.69, 9.17) is 26.2 Å². The monoisotopic (exact) mass is 464 g/mol. The maximum absolute atomic E-state index is 13.6. The highest BCUT2D eigenvalue weighted by Gasteiger charge is 2.74. The number of aliphatic hydroxyl groups is 1. The zero-order valence-corrected chi connectivity index (χ0v) is 18.8. The number of esters is 1. The van der Waals surface area contributed by atoms with Crippen molar-refractivity contribution in [2.75, 3.05) is 25.1 Å². The third kappa shape index (κ3) is 3.78. The molecule has 0 aliphatic carbocycles. The van der Waals surface area contributed by atoms with Crippen LogP contribution in [0.25, 0.3) is 0 Å². The van der Waals surface area contributed by atoms with E-state index in [1.54, 1.807) is 36.1 Å². The highest BCUT2D eigenvalue weighted by Crippen LogP contribution is 2.58. The second-order valence-corrected chi connectivity index (χ2v) is 9.00. The molecule has 5 atom stereocenters. The molecule has 9 heteroatoms. The van der Waals surface area contributed by atoms with Gasteiger partial charge in [0.25, 0.3) is 0 Å². The molecule has 3 heterocycles. The number of rotatable bonds is 9. The van der Waals surface area contributed by atoms with Crippen molar-refractivity contribution in [3.05, 3.63) is 29.3 Å². The Kier molecular flexibility index (Phi) is 6.74. The van der Waals surface area contributed by atoms with E-state index in [0.29, 0.717) is 42.9 Å². The van der Waals surface area contributed by atoms with Crippen molar-refractivity contribution in [1.82, 2.24) is 4.90 Å². The molecule has 2 bridgehead atoms. The van der Waals surface area contributed by atoms with Gasteiger partial charge in [-0.3, -0.25) is 14.4 Å². The number of nitrogens with zero attached hydrogens (tertiary/aromatic N) is 1. The molecular formula is C23H29ClN2O6. The summed E-state index contributed by atoms with van der Waals surface area (Å²) in [6.07, 6.45) is 2.69. The average Bonchev–Trinajstić information content (AvgIpc) is 3.40. The molecule has 3 saturated heterocycles. The SMILES string of the molecule is CCOC(=O)[C@@H]1[C@H]2C(=O)N(CCCCCO)C(C(=O)Nc3ccccc3Cl)C23CC[C@H]1O3. The number of hydrogen-bond acceptors (Lipinski definition) is 6. The summed E-state index contributed by atoms with van der Waals surface area (Å²) >= 11 is 6.23. The standard InChI is InChI=1S/C23H29ClN2O6/c1-2-31-22(30)17-16-10-11-23(32-16)18(17)21(29)26(12-6-3-7-13-27)19(23)20(28)25-15-9-5-4-8-14(15)24/h4-5,8-9,16-19,27H,2-3,6-7,10-13H2,1H3,(H,25,28)/t16-,17+,18+,19?,23?/m1/s1. The van der Waals surface area contributed by atoms with E-state index >= 15 is 0 Å². The number of carbonyl (C=O) groups excluding carboxylic acids is 3. The number of anilines is 1. The summed E-state index contributed by atoms with van der Waals surface area (Å²) in [4.78, 5) is 41.4. The first kappa shape index (κ1) is 23.0. The van der Waals surface area contributed by atoms with E-state index in [1.165, 1.54) is 0 Å². The molecule has 0 radical (unpaired) electrons. The van der Waals surface area contributed by atoms with Gasteiger partial charge >= 0.3 is 5.97 Å². The summed E-state index contributed by atoms with van der Waals surface area (Å²) in [5.74, 6) is -2.49. The van der Waals surface area contributed by atoms with Crippen LogP contribution in [0.15, 0.2) is 24.3 Å². The second-order valence-electron chi connectivity index (χ2n) is 8.59. The third-order valence-electron chi connectivity index (χ3n) is 6.80. The Balaban J connectivity index is 1.65. The Morgan fingerprint density at radius 3 is 2.81 bits per heavy atom. The molecule has 0 saturated carbocycles. The van der Waals surface area contributed by atoms with Crippen molar-refractivity contribution in [2.45, 2.75) is 56.8 Å². The minimum absolute atomic E-state index is 0.0760. The lowest BCUT2D eigenvalue weighted by Crippen LogP contribution is -2.53. The van der Waals surface area contributed by atoms with Gasteiger partial charge in [-0.2, -0.15) is 0 Å². The fourth-order valence-corrected chi connectivity index (χ4v) is 5.72. The maximum Gasteiger partial charge on any atom is 0.312 e. The lowest BCUT2D eigenvalue weighted by molar-refractivity contribution is -0.154. The van der Waals surface area contributed by atoms with Gasteiger partial charge in [-0.05, 0) is 51.2 Å². The van der Waals surface area contributed by atoms with Crippen LogP contribution in [-0.4, -0.2) is 65.3 Å². The summed E-state index contributed by atoms with van der Waals surface area (Å²) in [6.45, 7) is 2.37. The molecule has 3 aliphatic rings. The number of hydrogen-bond donors (Lipinski definition) is 2. The summed E-state index contributed by atoms with van der Waals surface area (Å²) < 4.78 is 11.5. The number of carbonyl (C=O) groups is 3.